The zero-order chi connectivity index (χ0) is 36.5. The number of hydrogen-bond acceptors (Lipinski definition) is 7. The maximum absolute atomic E-state index is 13.5. The van der Waals surface area contributed by atoms with Gasteiger partial charge in [-0.25, -0.2) is 0 Å². The Bertz CT molecular complexity index is 1980. The third-order valence-electron chi connectivity index (χ3n) is 8.03. The molecule has 1 heterocycles. The van der Waals surface area contributed by atoms with E-state index in [1.54, 1.807) is 24.3 Å². The second-order valence-electron chi connectivity index (χ2n) is 11.9. The minimum atomic E-state index is -4.68. The van der Waals surface area contributed by atoms with Crippen LogP contribution >= 0.6 is 0 Å². The number of ether oxygens (including phenoxy) is 1. The molecule has 0 aliphatic heterocycles. The fraction of sp³-hybridized carbons (Fsp3) is 0.237. The summed E-state index contributed by atoms with van der Waals surface area (Å²) in [6.45, 7) is 1.47. The van der Waals surface area contributed by atoms with Crippen LogP contribution in [-0.4, -0.2) is 51.6 Å². The van der Waals surface area contributed by atoms with Crippen molar-refractivity contribution < 1.29 is 41.9 Å². The Hall–Kier alpha value is -5.98. The molecule has 0 atom stereocenters. The van der Waals surface area contributed by atoms with E-state index < -0.39 is 42.5 Å². The van der Waals surface area contributed by atoms with Gasteiger partial charge in [-0.2, -0.15) is 18.2 Å². The number of anilines is 1. The Morgan fingerprint density at radius 3 is 2.24 bits per heavy atom. The number of nitrogens with one attached hydrogen (secondary N) is 1. The van der Waals surface area contributed by atoms with Crippen LogP contribution in [-0.2, 0) is 41.6 Å². The topological polar surface area (TPSA) is 135 Å². The number of amides is 2. The predicted molar refractivity (Wildman–Crippen MR) is 182 cm³/mol. The van der Waals surface area contributed by atoms with Crippen molar-refractivity contribution in [1.82, 2.24) is 15.0 Å². The van der Waals surface area contributed by atoms with Gasteiger partial charge in [0.25, 0.3) is 5.91 Å². The second kappa shape index (κ2) is 16.2. The maximum atomic E-state index is 13.5. The van der Waals surface area contributed by atoms with E-state index in [-0.39, 0.29) is 29.1 Å². The van der Waals surface area contributed by atoms with Crippen LogP contribution in [0.4, 0.5) is 18.9 Å². The number of benzene rings is 4. The van der Waals surface area contributed by atoms with E-state index in [2.05, 4.69) is 39.7 Å². The van der Waals surface area contributed by atoms with E-state index in [4.69, 9.17) is 9.26 Å². The number of halogens is 3. The molecule has 0 fully saturated rings. The standard InChI is InChI=1S/C38H35F3N4O6/c1-24-6-8-25(9-7-24)4-3-5-34-43-36(44-51-34)27-12-10-26(11-13-27)22-45(23-35(47)48)37(49)28-14-17-30(18-15-28)42-33(46)20-29-16-19-31(50-2)21-32(29)38(39,40)41/h6-19,21H,3-5,20,22-23H2,1-2H3,(H,42,46)(H,47,48). The van der Waals surface area contributed by atoms with Crippen molar-refractivity contribution >= 4 is 23.5 Å². The summed E-state index contributed by atoms with van der Waals surface area (Å²) >= 11 is 0. The fourth-order valence-electron chi connectivity index (χ4n) is 5.37. The normalized spacial score (nSPS) is 11.2. The van der Waals surface area contributed by atoms with Crippen LogP contribution in [0.1, 0.15) is 50.5 Å². The second-order valence-corrected chi connectivity index (χ2v) is 11.9. The molecule has 2 amide bonds. The molecule has 0 saturated heterocycles. The number of carbonyl (C=O) groups is 3. The highest BCUT2D eigenvalue weighted by Crippen LogP contribution is 2.35. The summed E-state index contributed by atoms with van der Waals surface area (Å²) in [7, 11) is 1.25. The molecule has 0 saturated carbocycles. The Morgan fingerprint density at radius 2 is 1.59 bits per heavy atom. The number of aliphatic carboxylic acids is 1. The van der Waals surface area contributed by atoms with Gasteiger partial charge in [0, 0.05) is 29.8 Å². The first kappa shape index (κ1) is 36.3. The smallest absolute Gasteiger partial charge is 0.416 e. The number of aromatic nitrogens is 2. The first-order chi connectivity index (χ1) is 24.4. The van der Waals surface area contributed by atoms with Crippen LogP contribution in [0.3, 0.4) is 0 Å². The summed E-state index contributed by atoms with van der Waals surface area (Å²) in [5.74, 6) is -1.52. The highest BCUT2D eigenvalue weighted by molar-refractivity contribution is 5.97. The Morgan fingerprint density at radius 1 is 0.902 bits per heavy atom. The van der Waals surface area contributed by atoms with Crippen LogP contribution in [0.15, 0.2) is 95.5 Å². The number of alkyl halides is 3. The Balaban J connectivity index is 1.18. The monoisotopic (exact) mass is 700 g/mol. The number of methoxy groups -OCH3 is 1. The number of nitrogens with zero attached hydrogens (tertiary/aromatic N) is 3. The van der Waals surface area contributed by atoms with Gasteiger partial charge in [0.1, 0.15) is 12.3 Å². The van der Waals surface area contributed by atoms with E-state index in [9.17, 15) is 32.7 Å². The average Bonchev–Trinajstić information content (AvgIpc) is 3.57. The summed E-state index contributed by atoms with van der Waals surface area (Å²) in [4.78, 5) is 43.3. The SMILES string of the molecule is COc1ccc(CC(=O)Nc2ccc(C(=O)N(CC(=O)O)Cc3ccc(-c4noc(CCCc5ccc(C)cc5)n4)cc3)cc2)c(C(F)(F)F)c1. The number of hydrogen-bond donors (Lipinski definition) is 2. The number of carboxylic acid groups (broad SMARTS) is 1. The number of carboxylic acids is 1. The van der Waals surface area contributed by atoms with Gasteiger partial charge in [0.05, 0.1) is 19.1 Å². The molecule has 0 radical (unpaired) electrons. The van der Waals surface area contributed by atoms with Gasteiger partial charge >= 0.3 is 12.1 Å². The third-order valence-corrected chi connectivity index (χ3v) is 8.03. The summed E-state index contributed by atoms with van der Waals surface area (Å²) in [6, 6.07) is 24.4. The highest BCUT2D eigenvalue weighted by Gasteiger charge is 2.34. The van der Waals surface area contributed by atoms with Gasteiger partial charge in [-0.1, -0.05) is 65.3 Å². The molecule has 0 aliphatic carbocycles. The fourth-order valence-corrected chi connectivity index (χ4v) is 5.37. The largest absolute Gasteiger partial charge is 0.497 e. The van der Waals surface area contributed by atoms with E-state index in [1.165, 1.54) is 54.6 Å². The van der Waals surface area contributed by atoms with Crippen LogP contribution in [0.2, 0.25) is 0 Å². The van der Waals surface area contributed by atoms with Crippen molar-refractivity contribution in [2.45, 2.75) is 45.3 Å². The molecule has 10 nitrogen and oxygen atoms in total. The van der Waals surface area contributed by atoms with E-state index in [1.807, 2.05) is 6.92 Å². The number of rotatable bonds is 14. The van der Waals surface area contributed by atoms with Gasteiger partial charge in [-0.05, 0) is 72.9 Å². The summed E-state index contributed by atoms with van der Waals surface area (Å²) in [5, 5.41) is 16.1. The van der Waals surface area contributed by atoms with Crippen LogP contribution < -0.4 is 10.1 Å². The number of carbonyl (C=O) groups excluding carboxylic acids is 2. The maximum Gasteiger partial charge on any atom is 0.416 e. The zero-order valence-corrected chi connectivity index (χ0v) is 27.9. The van der Waals surface area contributed by atoms with Crippen LogP contribution in [0, 0.1) is 6.92 Å². The van der Waals surface area contributed by atoms with Crippen molar-refractivity contribution in [3.05, 3.63) is 130 Å². The van der Waals surface area contributed by atoms with Crippen molar-refractivity contribution in [2.24, 2.45) is 0 Å². The minimum Gasteiger partial charge on any atom is -0.497 e. The third kappa shape index (κ3) is 10.0. The number of aryl methyl sites for hydroxylation is 3. The predicted octanol–water partition coefficient (Wildman–Crippen LogP) is 7.16. The Kier molecular flexibility index (Phi) is 11.5. The molecule has 5 rings (SSSR count). The molecule has 0 aliphatic rings. The van der Waals surface area contributed by atoms with E-state index in [0.717, 1.165) is 23.8 Å². The summed E-state index contributed by atoms with van der Waals surface area (Å²) < 4.78 is 51.0. The molecule has 0 unspecified atom stereocenters. The first-order valence-corrected chi connectivity index (χ1v) is 16.0. The molecule has 4 aromatic carbocycles. The van der Waals surface area contributed by atoms with Crippen LogP contribution in [0.25, 0.3) is 11.4 Å². The lowest BCUT2D eigenvalue weighted by Gasteiger charge is -2.21. The lowest BCUT2D eigenvalue weighted by atomic mass is 10.0. The molecule has 5 aromatic rings. The lowest BCUT2D eigenvalue weighted by Crippen LogP contribution is -2.35. The van der Waals surface area contributed by atoms with Gasteiger partial charge in [0.2, 0.25) is 17.6 Å². The van der Waals surface area contributed by atoms with Crippen molar-refractivity contribution in [3.8, 4) is 17.1 Å². The van der Waals surface area contributed by atoms with Gasteiger partial charge < -0.3 is 24.6 Å². The molecule has 264 valence electrons. The quantitative estimate of drug-likeness (QED) is 0.125. The summed E-state index contributed by atoms with van der Waals surface area (Å²) in [5.41, 5.74) is 3.01. The van der Waals surface area contributed by atoms with Gasteiger partial charge in [-0.15, -0.1) is 0 Å². The van der Waals surface area contributed by atoms with Gasteiger partial charge in [-0.3, -0.25) is 14.4 Å². The summed E-state index contributed by atoms with van der Waals surface area (Å²) in [6.07, 6.45) is -2.86. The highest BCUT2D eigenvalue weighted by atomic mass is 19.4. The van der Waals surface area contributed by atoms with E-state index >= 15 is 0 Å². The molecule has 0 bridgehead atoms. The van der Waals surface area contributed by atoms with Gasteiger partial charge in [0.15, 0.2) is 0 Å². The molecule has 0 spiro atoms. The molecule has 51 heavy (non-hydrogen) atoms. The van der Waals surface area contributed by atoms with Crippen molar-refractivity contribution in [1.29, 1.82) is 0 Å². The minimum absolute atomic E-state index is 0.0101. The molecular weight excluding hydrogens is 665 g/mol. The molecule has 13 heteroatoms. The van der Waals surface area contributed by atoms with Crippen molar-refractivity contribution in [2.75, 3.05) is 19.0 Å². The Labute approximate surface area is 291 Å². The van der Waals surface area contributed by atoms with E-state index in [0.29, 0.717) is 29.3 Å². The molecular formula is C38H35F3N4O6. The molecule has 2 N–H and O–H groups in total. The first-order valence-electron chi connectivity index (χ1n) is 16.0. The van der Waals surface area contributed by atoms with Crippen molar-refractivity contribution in [3.63, 3.8) is 0 Å². The average molecular weight is 701 g/mol. The lowest BCUT2D eigenvalue weighted by molar-refractivity contribution is -0.139. The zero-order valence-electron chi connectivity index (χ0n) is 27.9. The molecule has 1 aromatic heterocycles. The van der Waals surface area contributed by atoms with Crippen LogP contribution in [0.5, 0.6) is 5.75 Å².